The summed E-state index contributed by atoms with van der Waals surface area (Å²) >= 11 is 1.59. The van der Waals surface area contributed by atoms with Crippen LogP contribution in [0.4, 0.5) is 5.69 Å². The highest BCUT2D eigenvalue weighted by molar-refractivity contribution is 8.03. The molecule has 0 aromatic heterocycles. The summed E-state index contributed by atoms with van der Waals surface area (Å²) in [5.41, 5.74) is 12.3. The lowest BCUT2D eigenvalue weighted by Crippen LogP contribution is -2.45. The largest absolute Gasteiger partial charge is 0.398 e. The normalized spacial score (nSPS) is 12.9. The molecule has 7 nitrogen and oxygen atoms in total. The minimum Gasteiger partial charge on any atom is -0.398 e. The zero-order valence-corrected chi connectivity index (χ0v) is 24.4. The van der Waals surface area contributed by atoms with Crippen molar-refractivity contribution in [1.82, 2.24) is 10.6 Å². The number of allylic oxidation sites excluding steroid dienone is 2. The van der Waals surface area contributed by atoms with Gasteiger partial charge in [0.15, 0.2) is 0 Å². The van der Waals surface area contributed by atoms with E-state index in [-0.39, 0.29) is 18.4 Å². The standard InChI is InChI=1S/C22H35N3OS.C3H4O.C3H8.CH3NO/c1-15(2)18-10-11-19(23)21(13-18)27-16(3)9-12-22(26)25-20(14-24-4)17-7-5-6-8-17;1-2-3-4;1-3-2;2-1-3/h10-11,13,15,17,20,24H,3,5-9,12,14,23H2,1-2,4H3,(H,25,26);2-3H,1H2;3H2,1-2H3;1H,(H2,2,3). The van der Waals surface area contributed by atoms with Crippen LogP contribution in [0.15, 0.2) is 47.2 Å². The van der Waals surface area contributed by atoms with E-state index < -0.39 is 0 Å². The lowest BCUT2D eigenvalue weighted by molar-refractivity contribution is -0.122. The molecular weight excluding hydrogens is 484 g/mol. The summed E-state index contributed by atoms with van der Waals surface area (Å²) in [6.07, 6.45) is 9.48. The SMILES string of the molecule is C=C(CCC(=O)NC(CNC)C1CCCC1)Sc1cc(C(C)C)ccc1N.C=CC=O.CCC.NC=O. The number of nitrogens with two attached hydrogens (primary N) is 2. The average molecular weight is 535 g/mol. The molecule has 1 fully saturated rings. The monoisotopic (exact) mass is 534 g/mol. The molecule has 1 aliphatic rings. The fourth-order valence-electron chi connectivity index (χ4n) is 3.65. The van der Waals surface area contributed by atoms with Crippen LogP contribution in [0, 0.1) is 5.92 Å². The summed E-state index contributed by atoms with van der Waals surface area (Å²) in [5.74, 6) is 1.19. The maximum atomic E-state index is 12.4. The second-order valence-electron chi connectivity index (χ2n) is 9.08. The Labute approximate surface area is 229 Å². The van der Waals surface area contributed by atoms with Crippen LogP contribution in [-0.4, -0.2) is 38.2 Å². The second kappa shape index (κ2) is 23.8. The van der Waals surface area contributed by atoms with E-state index in [0.29, 0.717) is 31.0 Å². The Morgan fingerprint density at radius 2 is 1.73 bits per heavy atom. The van der Waals surface area contributed by atoms with Crippen molar-refractivity contribution in [3.05, 3.63) is 47.9 Å². The van der Waals surface area contributed by atoms with Crippen molar-refractivity contribution in [3.63, 3.8) is 0 Å². The highest BCUT2D eigenvalue weighted by Gasteiger charge is 2.25. The molecule has 1 aromatic rings. The van der Waals surface area contributed by atoms with Gasteiger partial charge in [-0.1, -0.05) is 77.9 Å². The Morgan fingerprint density at radius 1 is 1.19 bits per heavy atom. The summed E-state index contributed by atoms with van der Waals surface area (Å²) in [7, 11) is 1.95. The van der Waals surface area contributed by atoms with Crippen molar-refractivity contribution in [2.75, 3.05) is 19.3 Å². The number of primary amides is 1. The third kappa shape index (κ3) is 18.3. The van der Waals surface area contributed by atoms with Gasteiger partial charge in [-0.3, -0.25) is 14.4 Å². The molecular formula is C29H50N4O3S. The van der Waals surface area contributed by atoms with E-state index in [2.05, 4.69) is 69.4 Å². The van der Waals surface area contributed by atoms with Crippen LogP contribution < -0.4 is 22.1 Å². The smallest absolute Gasteiger partial charge is 0.220 e. The first-order chi connectivity index (χ1) is 17.6. The number of likely N-dealkylation sites (N-methyl/N-ethyl adjacent to an activating group) is 1. The number of nitrogens with one attached hydrogen (secondary N) is 2. The molecule has 0 aliphatic heterocycles. The van der Waals surface area contributed by atoms with Crippen molar-refractivity contribution >= 4 is 36.1 Å². The predicted molar refractivity (Wildman–Crippen MR) is 159 cm³/mol. The van der Waals surface area contributed by atoms with Crippen LogP contribution in [0.2, 0.25) is 0 Å². The quantitative estimate of drug-likeness (QED) is 0.127. The van der Waals surface area contributed by atoms with Crippen LogP contribution >= 0.6 is 11.8 Å². The molecule has 2 rings (SSSR count). The van der Waals surface area contributed by atoms with E-state index in [4.69, 9.17) is 15.3 Å². The molecule has 37 heavy (non-hydrogen) atoms. The lowest BCUT2D eigenvalue weighted by Gasteiger charge is -2.24. The van der Waals surface area contributed by atoms with Gasteiger partial charge in [0.25, 0.3) is 0 Å². The zero-order chi connectivity index (χ0) is 28.6. The van der Waals surface area contributed by atoms with Crippen molar-refractivity contribution in [3.8, 4) is 0 Å². The number of carbonyl (C=O) groups excluding carboxylic acids is 3. The van der Waals surface area contributed by atoms with Gasteiger partial charge in [-0.2, -0.15) is 0 Å². The Hall–Kier alpha value is -2.58. The molecule has 0 saturated heterocycles. The first-order valence-corrected chi connectivity index (χ1v) is 13.9. The molecule has 210 valence electrons. The third-order valence-electron chi connectivity index (χ3n) is 5.42. The summed E-state index contributed by atoms with van der Waals surface area (Å²) < 4.78 is 0. The van der Waals surface area contributed by atoms with Crippen molar-refractivity contribution < 1.29 is 14.4 Å². The summed E-state index contributed by atoms with van der Waals surface area (Å²) in [6.45, 7) is 16.7. The number of hydrogen-bond donors (Lipinski definition) is 4. The number of benzene rings is 1. The van der Waals surface area contributed by atoms with Gasteiger partial charge in [0.05, 0.1) is 0 Å². The van der Waals surface area contributed by atoms with Crippen LogP contribution in [0.3, 0.4) is 0 Å². The van der Waals surface area contributed by atoms with E-state index in [1.54, 1.807) is 11.8 Å². The molecule has 0 heterocycles. The molecule has 1 aliphatic carbocycles. The summed E-state index contributed by atoms with van der Waals surface area (Å²) in [6, 6.07) is 6.41. The first-order valence-electron chi connectivity index (χ1n) is 13.1. The van der Waals surface area contributed by atoms with E-state index in [1.807, 2.05) is 13.1 Å². The topological polar surface area (TPSA) is 127 Å². The minimum absolute atomic E-state index is 0.118. The second-order valence-corrected chi connectivity index (χ2v) is 10.3. The van der Waals surface area contributed by atoms with Crippen LogP contribution in [0.25, 0.3) is 0 Å². The maximum absolute atomic E-state index is 12.4. The molecule has 1 unspecified atom stereocenters. The van der Waals surface area contributed by atoms with Gasteiger partial charge in [-0.15, -0.1) is 0 Å². The Kier molecular flexibility index (Phi) is 23.5. The number of nitrogen functional groups attached to an aromatic ring is 1. The van der Waals surface area contributed by atoms with Gasteiger partial charge >= 0.3 is 0 Å². The summed E-state index contributed by atoms with van der Waals surface area (Å²) in [5, 5.41) is 6.46. The van der Waals surface area contributed by atoms with Gasteiger partial charge in [0.2, 0.25) is 12.3 Å². The van der Waals surface area contributed by atoms with Gasteiger partial charge in [0, 0.05) is 29.6 Å². The number of aldehydes is 1. The number of thioether (sulfide) groups is 1. The molecule has 2 amide bonds. The number of anilines is 1. The van der Waals surface area contributed by atoms with Crippen LogP contribution in [0.1, 0.15) is 84.1 Å². The fraction of sp³-hybridized carbons (Fsp3) is 0.552. The number of amides is 2. The molecule has 0 spiro atoms. The average Bonchev–Trinajstić information content (AvgIpc) is 3.40. The number of carbonyl (C=O) groups is 3. The van der Waals surface area contributed by atoms with Crippen molar-refractivity contribution in [2.24, 2.45) is 11.7 Å². The minimum atomic E-state index is 0.118. The molecule has 1 atom stereocenters. The van der Waals surface area contributed by atoms with Gasteiger partial charge in [0.1, 0.15) is 6.29 Å². The Balaban J connectivity index is 0. The highest BCUT2D eigenvalue weighted by atomic mass is 32.2. The number of hydrogen-bond acceptors (Lipinski definition) is 6. The predicted octanol–water partition coefficient (Wildman–Crippen LogP) is 5.56. The van der Waals surface area contributed by atoms with E-state index in [1.165, 1.54) is 43.7 Å². The molecule has 1 saturated carbocycles. The summed E-state index contributed by atoms with van der Waals surface area (Å²) in [4.78, 5) is 32.1. The van der Waals surface area contributed by atoms with E-state index in [9.17, 15) is 4.79 Å². The van der Waals surface area contributed by atoms with Crippen molar-refractivity contribution in [2.45, 2.75) is 89.5 Å². The molecule has 0 radical (unpaired) electrons. The van der Waals surface area contributed by atoms with Crippen LogP contribution in [-0.2, 0) is 14.4 Å². The number of rotatable bonds is 11. The fourth-order valence-corrected chi connectivity index (χ4v) is 4.55. The zero-order valence-electron chi connectivity index (χ0n) is 23.6. The highest BCUT2D eigenvalue weighted by Crippen LogP contribution is 2.35. The van der Waals surface area contributed by atoms with Gasteiger partial charge < -0.3 is 22.1 Å². The van der Waals surface area contributed by atoms with Crippen LogP contribution in [0.5, 0.6) is 0 Å². The lowest BCUT2D eigenvalue weighted by atomic mass is 9.98. The van der Waals surface area contributed by atoms with E-state index in [0.717, 1.165) is 22.0 Å². The maximum Gasteiger partial charge on any atom is 0.220 e. The molecule has 0 bridgehead atoms. The molecule has 8 heteroatoms. The third-order valence-corrected chi connectivity index (χ3v) is 6.49. The first kappa shape index (κ1) is 36.6. The van der Waals surface area contributed by atoms with Gasteiger partial charge in [-0.25, -0.2) is 0 Å². The molecule has 1 aromatic carbocycles. The molecule has 6 N–H and O–H groups in total. The van der Waals surface area contributed by atoms with Crippen molar-refractivity contribution in [1.29, 1.82) is 0 Å². The van der Waals surface area contributed by atoms with E-state index >= 15 is 0 Å². The Bertz CT molecular complexity index is 787. The van der Waals surface area contributed by atoms with Gasteiger partial charge in [-0.05, 0) is 66.8 Å². The Morgan fingerprint density at radius 3 is 2.19 bits per heavy atom.